The summed E-state index contributed by atoms with van der Waals surface area (Å²) in [5.41, 5.74) is 7.00. The van der Waals surface area contributed by atoms with Crippen LogP contribution in [-0.2, 0) is 21.9 Å². The number of carbonyl (C=O) groups excluding carboxylic acids is 1. The molecule has 6 aromatic rings. The maximum Gasteiger partial charge on any atom is 0.279 e. The summed E-state index contributed by atoms with van der Waals surface area (Å²) in [7, 11) is 6.10. The van der Waals surface area contributed by atoms with Crippen molar-refractivity contribution >= 4 is 45.2 Å². The van der Waals surface area contributed by atoms with Gasteiger partial charge in [-0.15, -0.1) is 0 Å². The normalized spacial score (nSPS) is 21.6. The van der Waals surface area contributed by atoms with E-state index in [0.717, 1.165) is 89.0 Å². The number of quaternary nitrogens is 1. The largest absolute Gasteiger partial charge is 0.629 e. The number of hydrogen-bond donors (Lipinski definition) is 5. The molecule has 10 rings (SSSR count). The van der Waals surface area contributed by atoms with E-state index in [1.54, 1.807) is 32.5 Å². The Bertz CT molecular complexity index is 3150. The Morgan fingerprint density at radius 1 is 0.962 bits per heavy atom. The Morgan fingerprint density at radius 3 is 2.44 bits per heavy atom. The van der Waals surface area contributed by atoms with Crippen LogP contribution in [0.15, 0.2) is 84.1 Å². The molecule has 5 N–H and O–H groups in total. The first kappa shape index (κ1) is 55.8. The van der Waals surface area contributed by atoms with Gasteiger partial charge < -0.3 is 49.5 Å². The molecule has 4 aromatic heterocycles. The van der Waals surface area contributed by atoms with Crippen LogP contribution >= 0.6 is 0 Å². The van der Waals surface area contributed by atoms with Crippen LogP contribution in [0.5, 0.6) is 29.0 Å². The second kappa shape index (κ2) is 23.7. The van der Waals surface area contributed by atoms with Crippen molar-refractivity contribution in [2.45, 2.75) is 107 Å². The van der Waals surface area contributed by atoms with Crippen molar-refractivity contribution in [2.75, 3.05) is 77.9 Å². The molecule has 3 atom stereocenters. The molecular formula is C58H73FN10O9S. The molecule has 79 heavy (non-hydrogen) atoms. The van der Waals surface area contributed by atoms with Crippen LogP contribution in [0.2, 0.25) is 0 Å². The van der Waals surface area contributed by atoms with Crippen molar-refractivity contribution in [3.8, 4) is 29.0 Å². The van der Waals surface area contributed by atoms with Crippen LogP contribution in [0.1, 0.15) is 111 Å². The summed E-state index contributed by atoms with van der Waals surface area (Å²) in [6.07, 6.45) is 11.6. The molecule has 2 aromatic carbocycles. The lowest BCUT2D eigenvalue weighted by molar-refractivity contribution is -0.751. The first-order chi connectivity index (χ1) is 38.0. The smallest absolute Gasteiger partial charge is 0.279 e. The van der Waals surface area contributed by atoms with E-state index < -0.39 is 28.4 Å². The number of methoxy groups -OCH3 is 3. The maximum absolute atomic E-state index is 14.9. The van der Waals surface area contributed by atoms with Crippen LogP contribution in [0, 0.1) is 22.4 Å². The standard InChI is InChI=1S/C58H73FN10O9S/c1-36(2)42-10-8-9-11-43(42)48-35-67(34-38-16-21-60-56(76-7)51(38)74-5)24-25-69(48)40-29-58(30-40)19-22-68(23-20-58)39-12-13-44(49(26-39)77-50-28-45-46(59)33-63-52(45)64-55(50)75-6)54(70)65-78-79(73)41-27-47(66(4)72)53(62-32-41)61-31-37-14-17-57(3,71)18-15-37/h8-13,16,21,26-28,32-33,36-37,40,48,66,71H,14-15,17-20,22-25,29-31,34-35H2,1-7H3,(H,61,62)(H,63,64)(H,65,70)/t37?,48-,57?,79?/m0/s1. The van der Waals surface area contributed by atoms with E-state index in [-0.39, 0.29) is 61.1 Å². The van der Waals surface area contributed by atoms with Gasteiger partial charge in [-0.1, -0.05) is 38.1 Å². The number of piperazine rings is 1. The Balaban J connectivity index is 0.830. The molecular weight excluding hydrogens is 1030 g/mol. The molecule has 1 amide bonds. The van der Waals surface area contributed by atoms with Gasteiger partial charge in [0.2, 0.25) is 11.1 Å². The minimum atomic E-state index is -2.28. The van der Waals surface area contributed by atoms with Crippen molar-refractivity contribution in [3.05, 3.63) is 113 Å². The van der Waals surface area contributed by atoms with Crippen LogP contribution in [0.4, 0.5) is 21.6 Å². The lowest BCUT2D eigenvalue weighted by atomic mass is 9.59. The Morgan fingerprint density at radius 2 is 1.72 bits per heavy atom. The summed E-state index contributed by atoms with van der Waals surface area (Å²) in [4.78, 5) is 37.7. The van der Waals surface area contributed by atoms with E-state index in [4.69, 9.17) is 23.2 Å². The Kier molecular flexibility index (Phi) is 16.8. The first-order valence-electron chi connectivity index (χ1n) is 27.3. The van der Waals surface area contributed by atoms with Gasteiger partial charge in [0.25, 0.3) is 17.7 Å². The first-order valence-corrected chi connectivity index (χ1v) is 28.4. The number of nitrogens with zero attached hydrogens (tertiary/aromatic N) is 6. The molecule has 2 aliphatic carbocycles. The molecule has 2 saturated carbocycles. The highest BCUT2D eigenvalue weighted by atomic mass is 32.2. The molecule has 0 bridgehead atoms. The molecule has 4 fully saturated rings. The fraction of sp³-hybridized carbons (Fsp3) is 0.483. The number of aliphatic hydroxyl groups is 1. The number of halogens is 1. The number of ether oxygens (including phenoxy) is 4. The number of anilines is 2. The van der Waals surface area contributed by atoms with E-state index in [1.807, 2.05) is 19.1 Å². The van der Waals surface area contributed by atoms with Gasteiger partial charge >= 0.3 is 0 Å². The van der Waals surface area contributed by atoms with E-state index in [1.165, 1.54) is 49.8 Å². The fourth-order valence-electron chi connectivity index (χ4n) is 12.2. The van der Waals surface area contributed by atoms with Crippen molar-refractivity contribution in [1.29, 1.82) is 0 Å². The van der Waals surface area contributed by atoms with Gasteiger partial charge in [-0.2, -0.15) is 9.27 Å². The maximum atomic E-state index is 14.9. The number of H-pyrrole nitrogens is 1. The Hall–Kier alpha value is -6.46. The summed E-state index contributed by atoms with van der Waals surface area (Å²) < 4.78 is 57.3. The second-order valence-corrected chi connectivity index (χ2v) is 23.4. The van der Waals surface area contributed by atoms with E-state index in [0.29, 0.717) is 54.7 Å². The van der Waals surface area contributed by atoms with Crippen LogP contribution in [0.3, 0.4) is 0 Å². The predicted octanol–water partition coefficient (Wildman–Crippen LogP) is 8.12. The highest BCUT2D eigenvalue weighted by Crippen LogP contribution is 2.54. The number of carbonyl (C=O) groups is 1. The van der Waals surface area contributed by atoms with Crippen molar-refractivity contribution in [3.63, 3.8) is 0 Å². The van der Waals surface area contributed by atoms with Gasteiger partial charge in [-0.05, 0) is 105 Å². The van der Waals surface area contributed by atoms with Gasteiger partial charge in [0.1, 0.15) is 17.2 Å². The number of benzene rings is 2. The third-order valence-electron chi connectivity index (χ3n) is 16.8. The summed E-state index contributed by atoms with van der Waals surface area (Å²) in [6, 6.07) is 19.7. The number of hydroxylamine groups is 2. The number of aromatic amines is 1. The lowest BCUT2D eigenvalue weighted by Gasteiger charge is -2.58. The third-order valence-corrected chi connectivity index (χ3v) is 17.6. The van der Waals surface area contributed by atoms with Crippen LogP contribution < -0.4 is 39.7 Å². The molecule has 4 aliphatic rings. The number of aromatic nitrogens is 4. The topological polar surface area (TPSA) is 216 Å². The molecule has 1 spiro atoms. The SMILES string of the molecule is COc1nc2[nH]cc(F)c2cc1Oc1cc(N2CCC3(CC2)CC(N2CCN(Cc4ccnc(OC)c4OC)C[C@H]2c2ccccc2C(C)C)C3)ccc1C(=O)NOS(=O)c1cnc(NCC2CCC(C)(O)CC2)c([NH+](C)[O-])c1. The minimum absolute atomic E-state index is 0.0346. The summed E-state index contributed by atoms with van der Waals surface area (Å²) >= 11 is -2.28. The predicted molar refractivity (Wildman–Crippen MR) is 299 cm³/mol. The van der Waals surface area contributed by atoms with E-state index in [2.05, 4.69) is 83.5 Å². The van der Waals surface area contributed by atoms with E-state index in [9.17, 15) is 23.7 Å². The highest BCUT2D eigenvalue weighted by Gasteiger charge is 2.50. The summed E-state index contributed by atoms with van der Waals surface area (Å²) in [6.45, 7) is 12.0. The molecule has 422 valence electrons. The van der Waals surface area contributed by atoms with Gasteiger partial charge in [0.05, 0.1) is 49.8 Å². The summed E-state index contributed by atoms with van der Waals surface area (Å²) in [5.74, 6) is 1.12. The molecule has 6 heterocycles. The quantitative estimate of drug-likeness (QED) is 0.0484. The zero-order chi connectivity index (χ0) is 55.6. The van der Waals surface area contributed by atoms with Crippen molar-refractivity contribution < 1.29 is 46.8 Å². The lowest BCUT2D eigenvalue weighted by Crippen LogP contribution is -2.98. The number of piperidine rings is 1. The zero-order valence-electron chi connectivity index (χ0n) is 46.1. The average Bonchev–Trinajstić information content (AvgIpc) is 3.99. The molecule has 19 nitrogen and oxygen atoms in total. The number of nitrogens with one attached hydrogen (secondary N) is 4. The average molecular weight is 1110 g/mol. The van der Waals surface area contributed by atoms with Crippen molar-refractivity contribution in [1.82, 2.24) is 35.2 Å². The highest BCUT2D eigenvalue weighted by molar-refractivity contribution is 7.80. The number of amides is 1. The fourth-order valence-corrected chi connectivity index (χ4v) is 12.8. The third kappa shape index (κ3) is 12.2. The van der Waals surface area contributed by atoms with Gasteiger partial charge in [0, 0.05) is 106 Å². The number of pyridine rings is 3. The van der Waals surface area contributed by atoms with Gasteiger partial charge in [-0.3, -0.25) is 14.6 Å². The van der Waals surface area contributed by atoms with Gasteiger partial charge in [0.15, 0.2) is 23.0 Å². The van der Waals surface area contributed by atoms with Crippen LogP contribution in [-0.4, -0.2) is 124 Å². The monoisotopic (exact) mass is 1100 g/mol. The minimum Gasteiger partial charge on any atom is -0.629 e. The second-order valence-electron chi connectivity index (χ2n) is 22.3. The Labute approximate surface area is 463 Å². The number of hydrogen-bond acceptors (Lipinski definition) is 16. The van der Waals surface area contributed by atoms with E-state index >= 15 is 0 Å². The molecule has 21 heteroatoms. The van der Waals surface area contributed by atoms with Gasteiger partial charge in [-0.25, -0.2) is 24.0 Å². The number of fused-ring (bicyclic) bond motifs is 1. The van der Waals surface area contributed by atoms with Crippen LogP contribution in [0.25, 0.3) is 11.0 Å². The molecule has 2 aliphatic heterocycles. The molecule has 0 radical (unpaired) electrons. The zero-order valence-corrected chi connectivity index (χ0v) is 46.9. The number of rotatable bonds is 19. The summed E-state index contributed by atoms with van der Waals surface area (Å²) in [5, 5.41) is 26.3. The molecule has 2 unspecified atom stereocenters. The molecule has 2 saturated heterocycles. The van der Waals surface area contributed by atoms with Crippen molar-refractivity contribution in [2.24, 2.45) is 11.3 Å².